The van der Waals surface area contributed by atoms with E-state index in [9.17, 15) is 4.39 Å². The summed E-state index contributed by atoms with van der Waals surface area (Å²) < 4.78 is 18.9. The van der Waals surface area contributed by atoms with Crippen LogP contribution >= 0.6 is 0 Å². The number of hydrazine groups is 1. The summed E-state index contributed by atoms with van der Waals surface area (Å²) in [5.74, 6) is 5.99. The first kappa shape index (κ1) is 12.8. The summed E-state index contributed by atoms with van der Waals surface area (Å²) >= 11 is 0. The van der Waals surface area contributed by atoms with Crippen LogP contribution in [0.2, 0.25) is 0 Å². The first-order chi connectivity index (χ1) is 9.76. The van der Waals surface area contributed by atoms with Crippen molar-refractivity contribution in [1.82, 2.24) is 10.4 Å². The van der Waals surface area contributed by atoms with Crippen molar-refractivity contribution in [1.29, 1.82) is 0 Å². The third kappa shape index (κ3) is 2.54. The lowest BCUT2D eigenvalue weighted by molar-refractivity contribution is 0.434. The largest absolute Gasteiger partial charge is 0.459 e. The number of hydrogen-bond acceptors (Lipinski definition) is 4. The van der Waals surface area contributed by atoms with Gasteiger partial charge in [0.1, 0.15) is 17.2 Å². The molecule has 1 aromatic carbocycles. The minimum Gasteiger partial charge on any atom is -0.459 e. The number of nitrogens with two attached hydrogens (primary N) is 1. The molecule has 0 bridgehead atoms. The summed E-state index contributed by atoms with van der Waals surface area (Å²) in [6.45, 7) is 0. The van der Waals surface area contributed by atoms with Gasteiger partial charge in [-0.25, -0.2) is 9.82 Å². The molecule has 0 saturated heterocycles. The highest BCUT2D eigenvalue weighted by atomic mass is 19.1. The van der Waals surface area contributed by atoms with Gasteiger partial charge in [-0.1, -0.05) is 6.07 Å². The van der Waals surface area contributed by atoms with Gasteiger partial charge in [-0.05, 0) is 42.3 Å². The highest BCUT2D eigenvalue weighted by molar-refractivity contribution is 5.78. The molecule has 20 heavy (non-hydrogen) atoms. The van der Waals surface area contributed by atoms with Crippen molar-refractivity contribution in [3.63, 3.8) is 0 Å². The van der Waals surface area contributed by atoms with Crippen LogP contribution in [0.4, 0.5) is 4.39 Å². The molecule has 2 aromatic heterocycles. The zero-order valence-corrected chi connectivity index (χ0v) is 10.7. The van der Waals surface area contributed by atoms with Crippen LogP contribution in [-0.2, 0) is 6.42 Å². The van der Waals surface area contributed by atoms with Gasteiger partial charge in [0.15, 0.2) is 0 Å². The summed E-state index contributed by atoms with van der Waals surface area (Å²) in [4.78, 5) is 4.07. The average Bonchev–Trinajstić information content (AvgIpc) is 2.88. The second kappa shape index (κ2) is 5.40. The quantitative estimate of drug-likeness (QED) is 0.565. The summed E-state index contributed by atoms with van der Waals surface area (Å²) in [6, 6.07) is 9.90. The van der Waals surface area contributed by atoms with Crippen LogP contribution in [0.1, 0.15) is 17.4 Å². The maximum absolute atomic E-state index is 13.2. The molecule has 0 saturated carbocycles. The fourth-order valence-corrected chi connectivity index (χ4v) is 2.20. The Kier molecular flexibility index (Phi) is 3.45. The standard InChI is InChI=1S/C15H14FN3O/c16-12-3-4-14-11(7-12)8-15(20-14)13(19-17)6-10-2-1-5-18-9-10/h1-5,7-9,13,19H,6,17H2. The number of nitrogens with one attached hydrogen (secondary N) is 1. The Balaban J connectivity index is 1.91. The maximum Gasteiger partial charge on any atom is 0.134 e. The predicted molar refractivity (Wildman–Crippen MR) is 74.2 cm³/mol. The van der Waals surface area contributed by atoms with Gasteiger partial charge in [0.05, 0.1) is 6.04 Å². The molecule has 102 valence electrons. The van der Waals surface area contributed by atoms with Crippen molar-refractivity contribution in [3.05, 3.63) is 65.9 Å². The molecule has 0 aliphatic heterocycles. The van der Waals surface area contributed by atoms with Gasteiger partial charge in [-0.15, -0.1) is 0 Å². The van der Waals surface area contributed by atoms with E-state index < -0.39 is 0 Å². The zero-order valence-electron chi connectivity index (χ0n) is 10.7. The molecule has 2 heterocycles. The van der Waals surface area contributed by atoms with E-state index in [0.29, 0.717) is 17.8 Å². The number of rotatable bonds is 4. The normalized spacial score (nSPS) is 12.7. The molecule has 0 spiro atoms. The number of pyridine rings is 1. The Morgan fingerprint density at radius 2 is 2.20 bits per heavy atom. The van der Waals surface area contributed by atoms with Crippen LogP contribution in [0.3, 0.4) is 0 Å². The molecule has 1 unspecified atom stereocenters. The number of aromatic nitrogens is 1. The Morgan fingerprint density at radius 1 is 1.30 bits per heavy atom. The molecule has 3 N–H and O–H groups in total. The first-order valence-corrected chi connectivity index (χ1v) is 6.30. The van der Waals surface area contributed by atoms with E-state index in [1.807, 2.05) is 12.1 Å². The number of nitrogens with zero attached hydrogens (tertiary/aromatic N) is 1. The lowest BCUT2D eigenvalue weighted by atomic mass is 10.1. The summed E-state index contributed by atoms with van der Waals surface area (Å²) in [7, 11) is 0. The van der Waals surface area contributed by atoms with E-state index in [0.717, 1.165) is 10.9 Å². The van der Waals surface area contributed by atoms with E-state index >= 15 is 0 Å². The molecule has 3 rings (SSSR count). The highest BCUT2D eigenvalue weighted by Gasteiger charge is 2.16. The van der Waals surface area contributed by atoms with Crippen LogP contribution in [0.15, 0.2) is 53.2 Å². The van der Waals surface area contributed by atoms with Crippen molar-refractivity contribution >= 4 is 11.0 Å². The molecule has 0 fully saturated rings. The molecule has 4 nitrogen and oxygen atoms in total. The fraction of sp³-hybridized carbons (Fsp3) is 0.133. The number of fused-ring (bicyclic) bond motifs is 1. The minimum atomic E-state index is -0.283. The van der Waals surface area contributed by atoms with Crippen LogP contribution in [-0.4, -0.2) is 4.98 Å². The van der Waals surface area contributed by atoms with Gasteiger partial charge in [0, 0.05) is 17.8 Å². The van der Waals surface area contributed by atoms with Crippen molar-refractivity contribution in [2.75, 3.05) is 0 Å². The summed E-state index contributed by atoms with van der Waals surface area (Å²) in [6.07, 6.45) is 4.15. The van der Waals surface area contributed by atoms with Gasteiger partial charge < -0.3 is 4.42 Å². The SMILES string of the molecule is NNC(Cc1cccnc1)c1cc2cc(F)ccc2o1. The molecule has 0 amide bonds. The van der Waals surface area contributed by atoms with Crippen LogP contribution in [0.25, 0.3) is 11.0 Å². The van der Waals surface area contributed by atoms with Crippen molar-refractivity contribution in [2.24, 2.45) is 5.84 Å². The average molecular weight is 271 g/mol. The third-order valence-corrected chi connectivity index (χ3v) is 3.20. The molecular weight excluding hydrogens is 257 g/mol. The number of furan rings is 1. The summed E-state index contributed by atoms with van der Waals surface area (Å²) in [5.41, 5.74) is 4.42. The topological polar surface area (TPSA) is 64.1 Å². The van der Waals surface area contributed by atoms with Crippen molar-refractivity contribution in [2.45, 2.75) is 12.5 Å². The lowest BCUT2D eigenvalue weighted by Crippen LogP contribution is -2.29. The Labute approximate surface area is 115 Å². The molecule has 0 radical (unpaired) electrons. The fourth-order valence-electron chi connectivity index (χ4n) is 2.20. The van der Waals surface area contributed by atoms with Crippen molar-refractivity contribution in [3.8, 4) is 0 Å². The number of halogens is 1. The van der Waals surface area contributed by atoms with E-state index in [1.165, 1.54) is 12.1 Å². The maximum atomic E-state index is 13.2. The van der Waals surface area contributed by atoms with Gasteiger partial charge in [-0.3, -0.25) is 10.8 Å². The van der Waals surface area contributed by atoms with Gasteiger partial charge >= 0.3 is 0 Å². The molecule has 0 aliphatic carbocycles. The van der Waals surface area contributed by atoms with E-state index in [2.05, 4.69) is 10.4 Å². The second-order valence-corrected chi connectivity index (χ2v) is 4.62. The molecule has 0 aliphatic rings. The Bertz CT molecular complexity index is 711. The molecule has 5 heteroatoms. The Morgan fingerprint density at radius 3 is 2.95 bits per heavy atom. The zero-order chi connectivity index (χ0) is 13.9. The third-order valence-electron chi connectivity index (χ3n) is 3.20. The van der Waals surface area contributed by atoms with Gasteiger partial charge in [0.2, 0.25) is 0 Å². The second-order valence-electron chi connectivity index (χ2n) is 4.62. The van der Waals surface area contributed by atoms with Gasteiger partial charge in [-0.2, -0.15) is 0 Å². The Hall–Kier alpha value is -2.24. The number of benzene rings is 1. The monoisotopic (exact) mass is 271 g/mol. The smallest absolute Gasteiger partial charge is 0.134 e. The van der Waals surface area contributed by atoms with Crippen LogP contribution in [0.5, 0.6) is 0 Å². The van der Waals surface area contributed by atoms with Crippen LogP contribution < -0.4 is 11.3 Å². The molecule has 3 aromatic rings. The van der Waals surface area contributed by atoms with Gasteiger partial charge in [0.25, 0.3) is 0 Å². The lowest BCUT2D eigenvalue weighted by Gasteiger charge is -2.12. The van der Waals surface area contributed by atoms with E-state index in [-0.39, 0.29) is 11.9 Å². The highest BCUT2D eigenvalue weighted by Crippen LogP contribution is 2.26. The first-order valence-electron chi connectivity index (χ1n) is 6.30. The molecule has 1 atom stereocenters. The van der Waals surface area contributed by atoms with Crippen LogP contribution in [0, 0.1) is 5.82 Å². The summed E-state index contributed by atoms with van der Waals surface area (Å²) in [5, 5.41) is 0.728. The van der Waals surface area contributed by atoms with E-state index in [1.54, 1.807) is 24.5 Å². The minimum absolute atomic E-state index is 0.185. The predicted octanol–water partition coefficient (Wildman–Crippen LogP) is 2.71. The van der Waals surface area contributed by atoms with E-state index in [4.69, 9.17) is 10.3 Å². The number of hydrogen-bond donors (Lipinski definition) is 2. The molecular formula is C15H14FN3O. The van der Waals surface area contributed by atoms with Crippen molar-refractivity contribution < 1.29 is 8.81 Å².